The molecule has 6 heteroatoms. The van der Waals surface area contributed by atoms with Crippen molar-refractivity contribution in [2.45, 2.75) is 11.3 Å². The van der Waals surface area contributed by atoms with Gasteiger partial charge in [0.15, 0.2) is 0 Å². The maximum absolute atomic E-state index is 12.9. The average Bonchev–Trinajstić information content (AvgIpc) is 3.13. The van der Waals surface area contributed by atoms with Crippen molar-refractivity contribution in [1.29, 1.82) is 0 Å². The Morgan fingerprint density at radius 3 is 2.59 bits per heavy atom. The van der Waals surface area contributed by atoms with Gasteiger partial charge < -0.3 is 9.62 Å². The Bertz CT molecular complexity index is 992. The van der Waals surface area contributed by atoms with Gasteiger partial charge in [-0.3, -0.25) is 4.79 Å². The first-order valence-electron chi connectivity index (χ1n) is 8.49. The number of halogens is 2. The molecule has 0 aliphatic carbocycles. The number of anilines is 2. The maximum Gasteiger partial charge on any atom is 0.258 e. The highest BCUT2D eigenvalue weighted by molar-refractivity contribution is 8.00. The zero-order chi connectivity index (χ0) is 18.8. The number of carbonyl (C=O) groups excluding carboxylic acids is 1. The molecule has 0 aromatic heterocycles. The first-order chi connectivity index (χ1) is 13.1. The molecule has 3 aromatic rings. The first kappa shape index (κ1) is 18.2. The minimum atomic E-state index is 0.0250. The van der Waals surface area contributed by atoms with Crippen LogP contribution in [-0.4, -0.2) is 12.5 Å². The molecule has 0 atom stereocenters. The smallest absolute Gasteiger partial charge is 0.258 e. The molecule has 4 rings (SSSR count). The van der Waals surface area contributed by atoms with Crippen molar-refractivity contribution < 1.29 is 4.79 Å². The zero-order valence-electron chi connectivity index (χ0n) is 14.3. The topological polar surface area (TPSA) is 32.3 Å². The Balaban J connectivity index is 1.45. The van der Waals surface area contributed by atoms with Crippen LogP contribution in [0.2, 0.25) is 10.0 Å². The molecule has 0 saturated heterocycles. The summed E-state index contributed by atoms with van der Waals surface area (Å²) in [6.07, 6.45) is 0.901. The third-order valence-corrected chi connectivity index (χ3v) is 6.01. The first-order valence-corrected chi connectivity index (χ1v) is 10.1. The Kier molecular flexibility index (Phi) is 5.30. The summed E-state index contributed by atoms with van der Waals surface area (Å²) in [6, 6.07) is 20.8. The molecule has 0 spiro atoms. The van der Waals surface area contributed by atoms with Gasteiger partial charge in [-0.25, -0.2) is 0 Å². The molecule has 0 unspecified atom stereocenters. The molecule has 1 aliphatic heterocycles. The standard InChI is InChI=1S/C21H16Cl2N2OS/c22-16-7-10-18(23)20(13-16)27-24-17-8-5-15(6-9-17)21(26)25-12-11-14-3-1-2-4-19(14)25/h1-10,13,24H,11-12H2. The highest BCUT2D eigenvalue weighted by Gasteiger charge is 2.24. The van der Waals surface area contributed by atoms with Gasteiger partial charge in [0.2, 0.25) is 0 Å². The SMILES string of the molecule is O=C(c1ccc(NSc2cc(Cl)ccc2Cl)cc1)N1CCc2ccccc21. The van der Waals surface area contributed by atoms with Crippen LogP contribution in [0.3, 0.4) is 0 Å². The van der Waals surface area contributed by atoms with E-state index in [2.05, 4.69) is 10.8 Å². The number of hydrogen-bond donors (Lipinski definition) is 1. The monoisotopic (exact) mass is 414 g/mol. The van der Waals surface area contributed by atoms with Crippen LogP contribution >= 0.6 is 35.1 Å². The molecular formula is C21H16Cl2N2OS. The molecule has 0 radical (unpaired) electrons. The quantitative estimate of drug-likeness (QED) is 0.507. The number of amides is 1. The van der Waals surface area contributed by atoms with E-state index in [9.17, 15) is 4.79 Å². The normalized spacial score (nSPS) is 12.7. The largest absolute Gasteiger partial charge is 0.326 e. The third kappa shape index (κ3) is 3.93. The summed E-state index contributed by atoms with van der Waals surface area (Å²) in [5.74, 6) is 0.0250. The van der Waals surface area contributed by atoms with E-state index in [-0.39, 0.29) is 5.91 Å². The highest BCUT2D eigenvalue weighted by atomic mass is 35.5. The molecule has 3 nitrogen and oxygen atoms in total. The van der Waals surface area contributed by atoms with Crippen LogP contribution in [0.1, 0.15) is 15.9 Å². The predicted octanol–water partition coefficient (Wildman–Crippen LogP) is 6.32. The summed E-state index contributed by atoms with van der Waals surface area (Å²) in [7, 11) is 0. The van der Waals surface area contributed by atoms with Crippen LogP contribution in [-0.2, 0) is 6.42 Å². The van der Waals surface area contributed by atoms with E-state index in [1.165, 1.54) is 17.5 Å². The van der Waals surface area contributed by atoms with Gasteiger partial charge in [-0.05, 0) is 72.5 Å². The number of nitrogens with zero attached hydrogens (tertiary/aromatic N) is 1. The van der Waals surface area contributed by atoms with Gasteiger partial charge in [0.1, 0.15) is 0 Å². The van der Waals surface area contributed by atoms with Crippen molar-refractivity contribution in [2.24, 2.45) is 0 Å². The number of nitrogens with one attached hydrogen (secondary N) is 1. The van der Waals surface area contributed by atoms with Crippen molar-refractivity contribution in [3.8, 4) is 0 Å². The van der Waals surface area contributed by atoms with E-state index in [1.54, 1.807) is 12.1 Å². The summed E-state index contributed by atoms with van der Waals surface area (Å²) in [6.45, 7) is 0.724. The summed E-state index contributed by atoms with van der Waals surface area (Å²) >= 11 is 13.6. The van der Waals surface area contributed by atoms with Crippen LogP contribution < -0.4 is 9.62 Å². The molecule has 1 amide bonds. The fourth-order valence-electron chi connectivity index (χ4n) is 3.06. The number of benzene rings is 3. The second-order valence-electron chi connectivity index (χ2n) is 6.19. The van der Waals surface area contributed by atoms with Gasteiger partial charge in [0.25, 0.3) is 5.91 Å². The zero-order valence-corrected chi connectivity index (χ0v) is 16.6. The Labute approximate surface area is 172 Å². The minimum absolute atomic E-state index is 0.0250. The fourth-order valence-corrected chi connectivity index (χ4v) is 4.24. The van der Waals surface area contributed by atoms with Gasteiger partial charge in [0.05, 0.1) is 5.02 Å². The molecule has 0 bridgehead atoms. The maximum atomic E-state index is 12.9. The van der Waals surface area contributed by atoms with E-state index in [0.29, 0.717) is 15.6 Å². The van der Waals surface area contributed by atoms with Crippen molar-refractivity contribution >= 4 is 52.4 Å². The van der Waals surface area contributed by atoms with Gasteiger partial charge in [0, 0.05) is 33.4 Å². The number of para-hydroxylation sites is 1. The van der Waals surface area contributed by atoms with Crippen molar-refractivity contribution in [3.63, 3.8) is 0 Å². The van der Waals surface area contributed by atoms with Gasteiger partial charge in [-0.1, -0.05) is 41.4 Å². The molecule has 1 aliphatic rings. The molecule has 1 heterocycles. The summed E-state index contributed by atoms with van der Waals surface area (Å²) in [5.41, 5.74) is 3.78. The molecular weight excluding hydrogens is 399 g/mol. The summed E-state index contributed by atoms with van der Waals surface area (Å²) < 4.78 is 3.23. The second-order valence-corrected chi connectivity index (χ2v) is 7.88. The molecule has 3 aromatic carbocycles. The molecule has 0 saturated carbocycles. The van der Waals surface area contributed by atoms with Crippen LogP contribution in [0.5, 0.6) is 0 Å². The van der Waals surface area contributed by atoms with Gasteiger partial charge in [-0.2, -0.15) is 0 Å². The number of rotatable bonds is 4. The molecule has 1 N–H and O–H groups in total. The molecule has 136 valence electrons. The lowest BCUT2D eigenvalue weighted by Crippen LogP contribution is -2.28. The van der Waals surface area contributed by atoms with E-state index in [1.807, 2.05) is 53.4 Å². The minimum Gasteiger partial charge on any atom is -0.326 e. The molecule has 27 heavy (non-hydrogen) atoms. The lowest BCUT2D eigenvalue weighted by molar-refractivity contribution is 0.0989. The number of fused-ring (bicyclic) bond motifs is 1. The summed E-state index contributed by atoms with van der Waals surface area (Å²) in [4.78, 5) is 15.5. The van der Waals surface area contributed by atoms with Gasteiger partial charge >= 0.3 is 0 Å². The lowest BCUT2D eigenvalue weighted by atomic mass is 10.1. The highest BCUT2D eigenvalue weighted by Crippen LogP contribution is 2.31. The Morgan fingerprint density at radius 2 is 1.78 bits per heavy atom. The van der Waals surface area contributed by atoms with E-state index >= 15 is 0 Å². The van der Waals surface area contributed by atoms with Crippen LogP contribution in [0.15, 0.2) is 71.6 Å². The van der Waals surface area contributed by atoms with Crippen LogP contribution in [0.4, 0.5) is 11.4 Å². The van der Waals surface area contributed by atoms with Crippen LogP contribution in [0, 0.1) is 0 Å². The predicted molar refractivity (Wildman–Crippen MR) is 114 cm³/mol. The van der Waals surface area contributed by atoms with Crippen LogP contribution in [0.25, 0.3) is 0 Å². The Morgan fingerprint density at radius 1 is 1.00 bits per heavy atom. The Hall–Kier alpha value is -2.14. The van der Waals surface area contributed by atoms with E-state index in [4.69, 9.17) is 23.2 Å². The fraction of sp³-hybridized carbons (Fsp3) is 0.0952. The summed E-state index contributed by atoms with van der Waals surface area (Å²) in [5, 5.41) is 1.27. The van der Waals surface area contributed by atoms with E-state index in [0.717, 1.165) is 29.2 Å². The van der Waals surface area contributed by atoms with Crippen molar-refractivity contribution in [2.75, 3.05) is 16.2 Å². The number of carbonyl (C=O) groups is 1. The van der Waals surface area contributed by atoms with Crippen molar-refractivity contribution in [1.82, 2.24) is 0 Å². The second kappa shape index (κ2) is 7.85. The van der Waals surface area contributed by atoms with E-state index < -0.39 is 0 Å². The molecule has 0 fully saturated rings. The lowest BCUT2D eigenvalue weighted by Gasteiger charge is -2.17. The average molecular weight is 415 g/mol. The van der Waals surface area contributed by atoms with Gasteiger partial charge in [-0.15, -0.1) is 0 Å². The van der Waals surface area contributed by atoms with Crippen molar-refractivity contribution in [3.05, 3.63) is 87.9 Å². The third-order valence-electron chi connectivity index (χ3n) is 4.44. The number of hydrogen-bond acceptors (Lipinski definition) is 3.